The molecule has 0 unspecified atom stereocenters. The van der Waals surface area contributed by atoms with Gasteiger partial charge < -0.3 is 4.90 Å². The van der Waals surface area contributed by atoms with Gasteiger partial charge in [-0.2, -0.15) is 0 Å². The Balaban J connectivity index is 1.61. The van der Waals surface area contributed by atoms with Gasteiger partial charge >= 0.3 is 0 Å². The van der Waals surface area contributed by atoms with Gasteiger partial charge in [-0.25, -0.2) is 4.98 Å². The Morgan fingerprint density at radius 2 is 1.81 bits per heavy atom. The molecular weight excluding hydrogens is 320 g/mol. The number of rotatable bonds is 2. The van der Waals surface area contributed by atoms with Gasteiger partial charge in [0.15, 0.2) is 0 Å². The molecule has 26 heavy (non-hydrogen) atoms. The summed E-state index contributed by atoms with van der Waals surface area (Å²) >= 11 is 0. The van der Waals surface area contributed by atoms with Crippen LogP contribution in [0.4, 0.5) is 0 Å². The van der Waals surface area contributed by atoms with Crippen LogP contribution in [0.15, 0.2) is 42.5 Å². The molecule has 0 N–H and O–H groups in total. The molecule has 3 heteroatoms. The van der Waals surface area contributed by atoms with E-state index in [4.69, 9.17) is 4.98 Å². The van der Waals surface area contributed by atoms with Crippen LogP contribution in [0.5, 0.6) is 0 Å². The number of fused-ring (bicyclic) bond motifs is 2. The van der Waals surface area contributed by atoms with E-state index in [0.29, 0.717) is 17.2 Å². The lowest BCUT2D eigenvalue weighted by atomic mass is 9.65. The van der Waals surface area contributed by atoms with Crippen LogP contribution in [0.3, 0.4) is 0 Å². The molecule has 2 aromatic rings. The van der Waals surface area contributed by atoms with Crippen molar-refractivity contribution in [3.63, 3.8) is 0 Å². The molecule has 2 atom stereocenters. The molecule has 1 aliphatic carbocycles. The molecule has 1 aromatic heterocycles. The van der Waals surface area contributed by atoms with Gasteiger partial charge in [-0.1, -0.05) is 56.7 Å². The number of aryl methyl sites for hydroxylation is 1. The van der Waals surface area contributed by atoms with Crippen LogP contribution in [0.1, 0.15) is 56.1 Å². The summed E-state index contributed by atoms with van der Waals surface area (Å²) in [6.45, 7) is 9.94. The molecule has 3 nitrogen and oxygen atoms in total. The topological polar surface area (TPSA) is 33.2 Å². The maximum atomic E-state index is 13.2. The molecule has 136 valence electrons. The molecule has 0 spiro atoms. The Hall–Kier alpha value is -2.16. The molecule has 2 heterocycles. The van der Waals surface area contributed by atoms with E-state index < -0.39 is 0 Å². The highest BCUT2D eigenvalue weighted by Gasteiger charge is 2.51. The van der Waals surface area contributed by atoms with E-state index in [1.54, 1.807) is 0 Å². The summed E-state index contributed by atoms with van der Waals surface area (Å²) in [5.41, 5.74) is 4.27. The summed E-state index contributed by atoms with van der Waals surface area (Å²) < 4.78 is 0. The number of benzene rings is 1. The average Bonchev–Trinajstić information content (AvgIpc) is 2.84. The van der Waals surface area contributed by atoms with E-state index in [0.717, 1.165) is 30.6 Å². The summed E-state index contributed by atoms with van der Waals surface area (Å²) in [5.74, 6) is 0.0883. The molecular formula is C23H28N2O. The lowest BCUT2D eigenvalue weighted by Gasteiger charge is -2.39. The quantitative estimate of drug-likeness (QED) is 0.756. The van der Waals surface area contributed by atoms with E-state index in [-0.39, 0.29) is 11.3 Å². The van der Waals surface area contributed by atoms with Crippen molar-refractivity contribution in [3.05, 3.63) is 53.7 Å². The number of hydrogen-bond donors (Lipinski definition) is 0. The lowest BCUT2D eigenvalue weighted by Crippen LogP contribution is -2.38. The first kappa shape index (κ1) is 17.3. The number of carbonyl (C=O) groups excluding carboxylic acids is 1. The second-order valence-corrected chi connectivity index (χ2v) is 9.42. The highest BCUT2D eigenvalue weighted by Crippen LogP contribution is 2.52. The van der Waals surface area contributed by atoms with Crippen molar-refractivity contribution < 1.29 is 4.79 Å². The van der Waals surface area contributed by atoms with Gasteiger partial charge in [-0.15, -0.1) is 0 Å². The first-order valence-corrected chi connectivity index (χ1v) is 9.60. The van der Waals surface area contributed by atoms with Crippen LogP contribution in [0.2, 0.25) is 0 Å². The number of likely N-dealkylation sites (tertiary alicyclic amines) is 1. The molecule has 2 bridgehead atoms. The SMILES string of the molecule is Cc1ccc(-c2cccc(C(=O)N3C[C@]4(C)C[C@H]3CC(C)(C)C4)n2)cc1. The zero-order valence-electron chi connectivity index (χ0n) is 16.2. The van der Waals surface area contributed by atoms with Gasteiger partial charge in [0.1, 0.15) is 5.69 Å². The predicted molar refractivity (Wildman–Crippen MR) is 105 cm³/mol. The number of carbonyl (C=O) groups is 1. The summed E-state index contributed by atoms with van der Waals surface area (Å²) in [5, 5.41) is 0. The van der Waals surface area contributed by atoms with Crippen LogP contribution in [-0.4, -0.2) is 28.4 Å². The van der Waals surface area contributed by atoms with Crippen LogP contribution in [0.25, 0.3) is 11.3 Å². The zero-order valence-corrected chi connectivity index (χ0v) is 16.2. The summed E-state index contributed by atoms with van der Waals surface area (Å²) in [6, 6.07) is 14.4. The van der Waals surface area contributed by atoms with E-state index in [2.05, 4.69) is 56.9 Å². The maximum Gasteiger partial charge on any atom is 0.272 e. The zero-order chi connectivity index (χ0) is 18.5. The molecule has 4 rings (SSSR count). The predicted octanol–water partition coefficient (Wildman–Crippen LogP) is 5.10. The van der Waals surface area contributed by atoms with Gasteiger partial charge in [0, 0.05) is 18.2 Å². The Bertz CT molecular complexity index is 840. The molecule has 1 aromatic carbocycles. The van der Waals surface area contributed by atoms with Crippen molar-refractivity contribution in [1.82, 2.24) is 9.88 Å². The fraction of sp³-hybridized carbons (Fsp3) is 0.478. The summed E-state index contributed by atoms with van der Waals surface area (Å²) in [7, 11) is 0. The van der Waals surface area contributed by atoms with Crippen molar-refractivity contribution in [3.8, 4) is 11.3 Å². The largest absolute Gasteiger partial charge is 0.334 e. The summed E-state index contributed by atoms with van der Waals surface area (Å²) in [4.78, 5) is 20.0. The molecule has 2 aliphatic rings. The van der Waals surface area contributed by atoms with Crippen molar-refractivity contribution >= 4 is 5.91 Å². The average molecular weight is 348 g/mol. The van der Waals surface area contributed by atoms with Crippen LogP contribution >= 0.6 is 0 Å². The number of pyridine rings is 1. The highest BCUT2D eigenvalue weighted by atomic mass is 16.2. The first-order valence-electron chi connectivity index (χ1n) is 9.60. The fourth-order valence-corrected chi connectivity index (χ4v) is 5.28. The van der Waals surface area contributed by atoms with Gasteiger partial charge in [0.2, 0.25) is 0 Å². The monoisotopic (exact) mass is 348 g/mol. The third-order valence-corrected chi connectivity index (χ3v) is 5.99. The highest BCUT2D eigenvalue weighted by molar-refractivity contribution is 5.93. The van der Waals surface area contributed by atoms with E-state index in [1.807, 2.05) is 18.2 Å². The van der Waals surface area contributed by atoms with Crippen molar-refractivity contribution in [2.24, 2.45) is 10.8 Å². The third kappa shape index (κ3) is 3.15. The Morgan fingerprint density at radius 1 is 1.08 bits per heavy atom. The standard InChI is InChI=1S/C23H28N2O/c1-16-8-10-17(11-9-16)19-6-5-7-20(24-19)21(26)25-15-23(4)13-18(25)12-22(2,3)14-23/h5-11,18H,12-15H2,1-4H3/t18-,23-/m1/s1. The fourth-order valence-electron chi connectivity index (χ4n) is 5.28. The van der Waals surface area contributed by atoms with Gasteiger partial charge in [0.05, 0.1) is 5.69 Å². The normalized spacial score (nSPS) is 26.8. The Labute approximate surface area is 156 Å². The van der Waals surface area contributed by atoms with E-state index >= 15 is 0 Å². The number of aromatic nitrogens is 1. The van der Waals surface area contributed by atoms with E-state index in [9.17, 15) is 4.79 Å². The molecule has 1 aliphatic heterocycles. The molecule has 2 fully saturated rings. The lowest BCUT2D eigenvalue weighted by molar-refractivity contribution is 0.0702. The van der Waals surface area contributed by atoms with Crippen molar-refractivity contribution in [2.45, 2.75) is 53.0 Å². The summed E-state index contributed by atoms with van der Waals surface area (Å²) in [6.07, 6.45) is 3.41. The molecule has 1 amide bonds. The Morgan fingerprint density at radius 3 is 2.54 bits per heavy atom. The second-order valence-electron chi connectivity index (χ2n) is 9.42. The minimum atomic E-state index is 0.0883. The third-order valence-electron chi connectivity index (χ3n) is 5.99. The number of nitrogens with zero attached hydrogens (tertiary/aromatic N) is 2. The Kier molecular flexibility index (Phi) is 3.94. The van der Waals surface area contributed by atoms with Gasteiger partial charge in [0.25, 0.3) is 5.91 Å². The van der Waals surface area contributed by atoms with Crippen LogP contribution in [0, 0.1) is 17.8 Å². The van der Waals surface area contributed by atoms with Gasteiger partial charge in [-0.05, 0) is 49.1 Å². The van der Waals surface area contributed by atoms with Crippen molar-refractivity contribution in [2.75, 3.05) is 6.54 Å². The van der Waals surface area contributed by atoms with Crippen LogP contribution in [-0.2, 0) is 0 Å². The minimum absolute atomic E-state index is 0.0883. The maximum absolute atomic E-state index is 13.2. The number of hydrogen-bond acceptors (Lipinski definition) is 2. The molecule has 0 radical (unpaired) electrons. The minimum Gasteiger partial charge on any atom is -0.334 e. The first-order chi connectivity index (χ1) is 12.2. The second kappa shape index (κ2) is 5.94. The number of amides is 1. The smallest absolute Gasteiger partial charge is 0.272 e. The molecule has 1 saturated heterocycles. The van der Waals surface area contributed by atoms with E-state index in [1.165, 1.54) is 12.0 Å². The van der Waals surface area contributed by atoms with Crippen LogP contribution < -0.4 is 0 Å². The van der Waals surface area contributed by atoms with Crippen molar-refractivity contribution in [1.29, 1.82) is 0 Å². The molecule has 1 saturated carbocycles. The van der Waals surface area contributed by atoms with Gasteiger partial charge in [-0.3, -0.25) is 4.79 Å².